The third-order valence-electron chi connectivity index (χ3n) is 9.02. The Morgan fingerprint density at radius 3 is 1.41 bits per heavy atom. The Bertz CT molecular complexity index is 702. The molecule has 2 atom stereocenters. The third kappa shape index (κ3) is 29.8. The van der Waals surface area contributed by atoms with Crippen molar-refractivity contribution in [3.8, 4) is 0 Å². The summed E-state index contributed by atoms with van der Waals surface area (Å²) in [5.41, 5.74) is 0. The van der Waals surface area contributed by atoms with Crippen LogP contribution < -0.4 is 10.6 Å². The zero-order valence-corrected chi connectivity index (χ0v) is 30.7. The van der Waals surface area contributed by atoms with Gasteiger partial charge in [0.2, 0.25) is 11.8 Å². The molecule has 0 saturated heterocycles. The zero-order chi connectivity index (χ0) is 33.9. The highest BCUT2D eigenvalue weighted by Gasteiger charge is 2.21. The molecule has 0 fully saturated rings. The first-order chi connectivity index (χ1) is 22.5. The Hall–Kier alpha value is -1.63. The summed E-state index contributed by atoms with van der Waals surface area (Å²) < 4.78 is 5.86. The van der Waals surface area contributed by atoms with Gasteiger partial charge in [-0.2, -0.15) is 0 Å². The zero-order valence-electron chi connectivity index (χ0n) is 30.7. The first kappa shape index (κ1) is 44.4. The number of hydrogen-bond acceptors (Lipinski definition) is 5. The van der Waals surface area contributed by atoms with Crippen molar-refractivity contribution < 1.29 is 24.2 Å². The van der Waals surface area contributed by atoms with Crippen LogP contribution in [0.5, 0.6) is 0 Å². The van der Waals surface area contributed by atoms with Gasteiger partial charge in [0.1, 0.15) is 12.1 Å². The minimum Gasteiger partial charge on any atom is -0.462 e. The first-order valence-corrected chi connectivity index (χ1v) is 19.9. The van der Waals surface area contributed by atoms with Crippen LogP contribution in [0.2, 0.25) is 0 Å². The number of hydrogen-bond donors (Lipinski definition) is 3. The number of aliphatic hydroxyl groups is 1. The molecule has 2 amide bonds. The number of ether oxygens (including phenoxy) is 1. The van der Waals surface area contributed by atoms with Crippen molar-refractivity contribution in [3.63, 3.8) is 0 Å². The highest BCUT2D eigenvalue weighted by molar-refractivity contribution is 5.87. The van der Waals surface area contributed by atoms with E-state index in [-0.39, 0.29) is 18.0 Å². The molecule has 7 nitrogen and oxygen atoms in total. The Morgan fingerprint density at radius 1 is 0.543 bits per heavy atom. The monoisotopic (exact) mass is 653 g/mol. The molecule has 0 aliphatic heterocycles. The standard InChI is InChI=1S/C39H76N2O5/c1-4-7-10-13-15-17-18-20-21-24-27-30-37(43)41-36(34-42)39(45)40-33-32-35(29-26-23-12-9-6-3)46-38(44)31-28-25-22-19-16-14-11-8-5-2/h35-36,42H,4-34H2,1-3H3,(H,40,45)(H,41,43)/t35-,36+/m1/s1. The summed E-state index contributed by atoms with van der Waals surface area (Å²) in [6.07, 6.45) is 31.9. The first-order valence-electron chi connectivity index (χ1n) is 19.9. The SMILES string of the molecule is CCCCCCCCCCCCCC(=O)N[C@@H](CO)C(=O)NCC[C@@H](CCCCCCC)OC(=O)CCCCCCCCCCC. The second-order valence-electron chi connectivity index (χ2n) is 13.6. The predicted molar refractivity (Wildman–Crippen MR) is 193 cm³/mol. The van der Waals surface area contributed by atoms with Gasteiger partial charge < -0.3 is 20.5 Å². The summed E-state index contributed by atoms with van der Waals surface area (Å²) >= 11 is 0. The van der Waals surface area contributed by atoms with Crippen molar-refractivity contribution >= 4 is 17.8 Å². The number of esters is 1. The van der Waals surface area contributed by atoms with E-state index in [1.54, 1.807) is 0 Å². The molecule has 3 N–H and O–H groups in total. The summed E-state index contributed by atoms with van der Waals surface area (Å²) in [5.74, 6) is -0.728. The number of rotatable bonds is 35. The lowest BCUT2D eigenvalue weighted by molar-refractivity contribution is -0.150. The molecule has 0 aromatic rings. The van der Waals surface area contributed by atoms with E-state index in [9.17, 15) is 19.5 Å². The van der Waals surface area contributed by atoms with Crippen molar-refractivity contribution in [2.45, 2.75) is 219 Å². The number of carbonyl (C=O) groups is 3. The Kier molecular flexibility index (Phi) is 33.5. The summed E-state index contributed by atoms with van der Waals surface area (Å²) in [4.78, 5) is 37.7. The normalized spacial score (nSPS) is 12.5. The van der Waals surface area contributed by atoms with E-state index in [2.05, 4.69) is 31.4 Å². The molecule has 0 spiro atoms. The summed E-state index contributed by atoms with van der Waals surface area (Å²) in [6, 6.07) is -0.957. The molecule has 0 aliphatic carbocycles. The Labute approximate surface area is 284 Å². The molecule has 0 bridgehead atoms. The van der Waals surface area contributed by atoms with Crippen LogP contribution in [0.3, 0.4) is 0 Å². The molecule has 0 aliphatic rings. The highest BCUT2D eigenvalue weighted by atomic mass is 16.5. The summed E-state index contributed by atoms with van der Waals surface area (Å²) in [7, 11) is 0. The lowest BCUT2D eigenvalue weighted by Crippen LogP contribution is -2.49. The van der Waals surface area contributed by atoms with Crippen molar-refractivity contribution in [2.24, 2.45) is 0 Å². The smallest absolute Gasteiger partial charge is 0.306 e. The molecule has 272 valence electrons. The van der Waals surface area contributed by atoms with E-state index in [1.165, 1.54) is 116 Å². The van der Waals surface area contributed by atoms with Crippen LogP contribution in [0.4, 0.5) is 0 Å². The Morgan fingerprint density at radius 2 is 0.957 bits per heavy atom. The van der Waals surface area contributed by atoms with Crippen molar-refractivity contribution in [1.29, 1.82) is 0 Å². The molecule has 0 saturated carbocycles. The molecular formula is C39H76N2O5. The average Bonchev–Trinajstić information content (AvgIpc) is 3.05. The molecule has 0 unspecified atom stereocenters. The second kappa shape index (κ2) is 34.7. The fraction of sp³-hybridized carbons (Fsp3) is 0.923. The van der Waals surface area contributed by atoms with Crippen molar-refractivity contribution in [2.75, 3.05) is 13.2 Å². The number of carbonyl (C=O) groups excluding carboxylic acids is 3. The minimum absolute atomic E-state index is 0.143. The van der Waals surface area contributed by atoms with Gasteiger partial charge >= 0.3 is 5.97 Å². The van der Waals surface area contributed by atoms with Gasteiger partial charge in [-0.1, -0.05) is 162 Å². The van der Waals surface area contributed by atoms with Crippen molar-refractivity contribution in [3.05, 3.63) is 0 Å². The maximum Gasteiger partial charge on any atom is 0.306 e. The number of amides is 2. The maximum atomic E-state index is 12.7. The van der Waals surface area contributed by atoms with Crippen molar-refractivity contribution in [1.82, 2.24) is 10.6 Å². The van der Waals surface area contributed by atoms with Gasteiger partial charge in [0.05, 0.1) is 6.61 Å². The maximum absolute atomic E-state index is 12.7. The van der Waals surface area contributed by atoms with Gasteiger partial charge in [-0.25, -0.2) is 0 Å². The van der Waals surface area contributed by atoms with E-state index in [4.69, 9.17) is 4.74 Å². The van der Waals surface area contributed by atoms with Gasteiger partial charge in [0, 0.05) is 25.8 Å². The van der Waals surface area contributed by atoms with E-state index < -0.39 is 18.6 Å². The molecule has 0 heterocycles. The third-order valence-corrected chi connectivity index (χ3v) is 9.02. The van der Waals surface area contributed by atoms with Crippen LogP contribution in [0, 0.1) is 0 Å². The summed E-state index contributed by atoms with van der Waals surface area (Å²) in [6.45, 7) is 6.58. The minimum atomic E-state index is -0.957. The fourth-order valence-corrected chi connectivity index (χ4v) is 5.95. The number of nitrogens with one attached hydrogen (secondary N) is 2. The molecule has 0 aromatic carbocycles. The second-order valence-corrected chi connectivity index (χ2v) is 13.6. The molecule has 0 radical (unpaired) electrons. The average molecular weight is 653 g/mol. The van der Waals surface area contributed by atoms with E-state index in [1.807, 2.05) is 0 Å². The fourth-order valence-electron chi connectivity index (χ4n) is 5.95. The predicted octanol–water partition coefficient (Wildman–Crippen LogP) is 9.86. The lowest BCUT2D eigenvalue weighted by atomic mass is 10.1. The van der Waals surface area contributed by atoms with Crippen LogP contribution in [0.25, 0.3) is 0 Å². The van der Waals surface area contributed by atoms with E-state index >= 15 is 0 Å². The largest absolute Gasteiger partial charge is 0.462 e. The van der Waals surface area contributed by atoms with Crippen LogP contribution in [-0.2, 0) is 19.1 Å². The van der Waals surface area contributed by atoms with Gasteiger partial charge in [-0.15, -0.1) is 0 Å². The number of aliphatic hydroxyl groups excluding tert-OH is 1. The van der Waals surface area contributed by atoms with Crippen LogP contribution >= 0.6 is 0 Å². The van der Waals surface area contributed by atoms with E-state index in [0.717, 1.165) is 51.4 Å². The topological polar surface area (TPSA) is 105 Å². The molecular weight excluding hydrogens is 576 g/mol. The van der Waals surface area contributed by atoms with Crippen LogP contribution in [0.1, 0.15) is 207 Å². The molecule has 0 rings (SSSR count). The highest BCUT2D eigenvalue weighted by Crippen LogP contribution is 2.16. The van der Waals surface area contributed by atoms with Crippen LogP contribution in [-0.4, -0.2) is 48.2 Å². The molecule has 0 aromatic heterocycles. The van der Waals surface area contributed by atoms with E-state index in [0.29, 0.717) is 25.8 Å². The number of unbranched alkanes of at least 4 members (excludes halogenated alkanes) is 22. The quantitative estimate of drug-likeness (QED) is 0.0467. The molecule has 46 heavy (non-hydrogen) atoms. The van der Waals surface area contributed by atoms with Gasteiger partial charge in [0.15, 0.2) is 0 Å². The van der Waals surface area contributed by atoms with Gasteiger partial charge in [0.25, 0.3) is 0 Å². The van der Waals surface area contributed by atoms with Crippen LogP contribution in [0.15, 0.2) is 0 Å². The summed E-state index contributed by atoms with van der Waals surface area (Å²) in [5, 5.41) is 15.3. The van der Waals surface area contributed by atoms with Gasteiger partial charge in [-0.3, -0.25) is 14.4 Å². The Balaban J connectivity index is 4.31. The molecule has 7 heteroatoms. The lowest BCUT2D eigenvalue weighted by Gasteiger charge is -2.20. The van der Waals surface area contributed by atoms with Gasteiger partial charge in [-0.05, 0) is 25.7 Å².